The second-order valence-electron chi connectivity index (χ2n) is 7.94. The molecule has 0 atom stereocenters. The highest BCUT2D eigenvalue weighted by atomic mass is 32.1. The summed E-state index contributed by atoms with van der Waals surface area (Å²) < 4.78 is 0. The van der Waals surface area contributed by atoms with E-state index in [0.29, 0.717) is 11.8 Å². The van der Waals surface area contributed by atoms with E-state index in [1.54, 1.807) is 11.3 Å². The Bertz CT molecular complexity index is 525. The van der Waals surface area contributed by atoms with Gasteiger partial charge in [0.15, 0.2) is 5.13 Å². The number of thiazole rings is 1. The third kappa shape index (κ3) is 3.96. The van der Waals surface area contributed by atoms with Crippen LogP contribution >= 0.6 is 11.3 Å². The van der Waals surface area contributed by atoms with Crippen molar-refractivity contribution in [3.05, 3.63) is 11.1 Å². The van der Waals surface area contributed by atoms with E-state index >= 15 is 0 Å². The highest BCUT2D eigenvalue weighted by Gasteiger charge is 2.41. The molecular formula is C19H30N2OS. The van der Waals surface area contributed by atoms with Crippen LogP contribution in [0.3, 0.4) is 0 Å². The molecule has 128 valence electrons. The van der Waals surface area contributed by atoms with Crippen molar-refractivity contribution in [1.29, 1.82) is 0 Å². The molecule has 2 fully saturated rings. The first-order valence-electron chi connectivity index (χ1n) is 9.36. The van der Waals surface area contributed by atoms with Gasteiger partial charge in [-0.3, -0.25) is 4.79 Å². The molecule has 4 heteroatoms. The van der Waals surface area contributed by atoms with E-state index in [9.17, 15) is 4.79 Å². The number of nitrogens with zero attached hydrogens (tertiary/aromatic N) is 1. The van der Waals surface area contributed by atoms with Gasteiger partial charge in [-0.15, -0.1) is 11.3 Å². The van der Waals surface area contributed by atoms with Gasteiger partial charge >= 0.3 is 0 Å². The topological polar surface area (TPSA) is 42.0 Å². The number of hydrogen-bond donors (Lipinski definition) is 1. The Morgan fingerprint density at radius 3 is 2.61 bits per heavy atom. The molecule has 1 heterocycles. The Morgan fingerprint density at radius 2 is 1.96 bits per heavy atom. The molecule has 1 N–H and O–H groups in total. The maximum absolute atomic E-state index is 12.9. The van der Waals surface area contributed by atoms with Crippen LogP contribution in [0.15, 0.2) is 6.20 Å². The van der Waals surface area contributed by atoms with Crippen LogP contribution in [-0.4, -0.2) is 10.9 Å². The minimum absolute atomic E-state index is 0.148. The van der Waals surface area contributed by atoms with E-state index in [1.165, 1.54) is 49.8 Å². The summed E-state index contributed by atoms with van der Waals surface area (Å²) in [6.45, 7) is 4.44. The SMILES string of the molecule is CC(C)CC1(C(=O)Nc2ncc(C3CCCCC3)s2)CCCC1. The molecular weight excluding hydrogens is 304 g/mol. The molecule has 2 aliphatic carbocycles. The Kier molecular flexibility index (Phi) is 5.40. The Hall–Kier alpha value is -0.900. The molecule has 0 radical (unpaired) electrons. The van der Waals surface area contributed by atoms with Crippen molar-refractivity contribution < 1.29 is 4.79 Å². The fourth-order valence-corrected chi connectivity index (χ4v) is 5.49. The van der Waals surface area contributed by atoms with Crippen LogP contribution in [0.25, 0.3) is 0 Å². The van der Waals surface area contributed by atoms with E-state index in [0.717, 1.165) is 24.4 Å². The zero-order valence-electron chi connectivity index (χ0n) is 14.6. The minimum Gasteiger partial charge on any atom is -0.301 e. The molecule has 1 aromatic rings. The normalized spacial score (nSPS) is 21.7. The van der Waals surface area contributed by atoms with Crippen LogP contribution in [0.4, 0.5) is 5.13 Å². The molecule has 0 bridgehead atoms. The summed E-state index contributed by atoms with van der Waals surface area (Å²) in [5, 5.41) is 3.97. The molecule has 3 rings (SSSR count). The number of aromatic nitrogens is 1. The van der Waals surface area contributed by atoms with Crippen molar-refractivity contribution in [2.24, 2.45) is 11.3 Å². The van der Waals surface area contributed by atoms with Crippen molar-refractivity contribution >= 4 is 22.4 Å². The van der Waals surface area contributed by atoms with Crippen LogP contribution in [-0.2, 0) is 4.79 Å². The number of anilines is 1. The third-order valence-corrected chi connectivity index (χ3v) is 6.67. The zero-order chi connectivity index (χ0) is 16.3. The Morgan fingerprint density at radius 1 is 1.26 bits per heavy atom. The van der Waals surface area contributed by atoms with Crippen LogP contribution in [0, 0.1) is 11.3 Å². The summed E-state index contributed by atoms with van der Waals surface area (Å²) in [4.78, 5) is 18.8. The van der Waals surface area contributed by atoms with Gasteiger partial charge in [0, 0.05) is 16.5 Å². The smallest absolute Gasteiger partial charge is 0.232 e. The molecule has 0 saturated heterocycles. The van der Waals surface area contributed by atoms with Gasteiger partial charge in [-0.2, -0.15) is 0 Å². The molecule has 0 aromatic carbocycles. The Balaban J connectivity index is 1.66. The summed E-state index contributed by atoms with van der Waals surface area (Å²) in [5.41, 5.74) is -0.148. The molecule has 0 unspecified atom stereocenters. The number of amides is 1. The molecule has 2 saturated carbocycles. The molecule has 1 amide bonds. The quantitative estimate of drug-likeness (QED) is 0.746. The van der Waals surface area contributed by atoms with Crippen molar-refractivity contribution in [3.63, 3.8) is 0 Å². The summed E-state index contributed by atoms with van der Waals surface area (Å²) in [7, 11) is 0. The van der Waals surface area contributed by atoms with Gasteiger partial charge in [-0.05, 0) is 43.9 Å². The largest absolute Gasteiger partial charge is 0.301 e. The lowest BCUT2D eigenvalue weighted by molar-refractivity contribution is -0.126. The van der Waals surface area contributed by atoms with Gasteiger partial charge in [0.05, 0.1) is 0 Å². The summed E-state index contributed by atoms with van der Waals surface area (Å²) in [5.74, 6) is 1.45. The molecule has 0 spiro atoms. The standard InChI is InChI=1S/C19H30N2OS/c1-14(2)12-19(10-6-7-11-19)17(22)21-18-20-13-16(23-18)15-8-4-3-5-9-15/h13-15H,3-12H2,1-2H3,(H,20,21,22). The first-order chi connectivity index (χ1) is 11.1. The summed E-state index contributed by atoms with van der Waals surface area (Å²) in [6.07, 6.45) is 14.1. The molecule has 2 aliphatic rings. The predicted molar refractivity (Wildman–Crippen MR) is 96.9 cm³/mol. The van der Waals surface area contributed by atoms with E-state index < -0.39 is 0 Å². The fraction of sp³-hybridized carbons (Fsp3) is 0.789. The zero-order valence-corrected chi connectivity index (χ0v) is 15.4. The number of nitrogens with one attached hydrogen (secondary N) is 1. The van der Waals surface area contributed by atoms with Gasteiger partial charge in [0.2, 0.25) is 5.91 Å². The maximum atomic E-state index is 12.9. The van der Waals surface area contributed by atoms with Crippen molar-refractivity contribution in [2.45, 2.75) is 84.0 Å². The van der Waals surface area contributed by atoms with Crippen LogP contribution in [0.1, 0.15) is 88.9 Å². The van der Waals surface area contributed by atoms with Gasteiger partial charge in [0.1, 0.15) is 0 Å². The lowest BCUT2D eigenvalue weighted by atomic mass is 9.78. The maximum Gasteiger partial charge on any atom is 0.232 e. The van der Waals surface area contributed by atoms with Crippen molar-refractivity contribution in [3.8, 4) is 0 Å². The summed E-state index contributed by atoms with van der Waals surface area (Å²) >= 11 is 1.70. The lowest BCUT2D eigenvalue weighted by Gasteiger charge is -2.29. The Labute approximate surface area is 144 Å². The van der Waals surface area contributed by atoms with E-state index in [2.05, 4.69) is 24.1 Å². The van der Waals surface area contributed by atoms with Crippen molar-refractivity contribution in [2.75, 3.05) is 5.32 Å². The molecule has 1 aromatic heterocycles. The number of rotatable bonds is 5. The van der Waals surface area contributed by atoms with Crippen molar-refractivity contribution in [1.82, 2.24) is 4.98 Å². The molecule has 23 heavy (non-hydrogen) atoms. The summed E-state index contributed by atoms with van der Waals surface area (Å²) in [6, 6.07) is 0. The highest BCUT2D eigenvalue weighted by Crippen LogP contribution is 2.44. The minimum atomic E-state index is -0.148. The number of hydrogen-bond acceptors (Lipinski definition) is 3. The highest BCUT2D eigenvalue weighted by molar-refractivity contribution is 7.15. The van der Waals surface area contributed by atoms with E-state index in [-0.39, 0.29) is 11.3 Å². The third-order valence-electron chi connectivity index (χ3n) is 5.59. The predicted octanol–water partition coefficient (Wildman–Crippen LogP) is 5.74. The van der Waals surface area contributed by atoms with E-state index in [4.69, 9.17) is 0 Å². The van der Waals surface area contributed by atoms with Gasteiger partial charge in [-0.1, -0.05) is 46.0 Å². The fourth-order valence-electron chi connectivity index (χ4n) is 4.51. The number of carbonyl (C=O) groups excluding carboxylic acids is 1. The van der Waals surface area contributed by atoms with Crippen LogP contribution in [0.2, 0.25) is 0 Å². The second kappa shape index (κ2) is 7.33. The molecule has 0 aliphatic heterocycles. The van der Waals surface area contributed by atoms with Gasteiger partial charge in [-0.25, -0.2) is 4.98 Å². The first-order valence-corrected chi connectivity index (χ1v) is 10.2. The van der Waals surface area contributed by atoms with Gasteiger partial charge < -0.3 is 5.32 Å². The van der Waals surface area contributed by atoms with Crippen LogP contribution < -0.4 is 5.32 Å². The average Bonchev–Trinajstić information content (AvgIpc) is 3.18. The van der Waals surface area contributed by atoms with E-state index in [1.807, 2.05) is 6.20 Å². The first kappa shape index (κ1) is 16.9. The average molecular weight is 335 g/mol. The lowest BCUT2D eigenvalue weighted by Crippen LogP contribution is -2.35. The monoisotopic (exact) mass is 334 g/mol. The second-order valence-corrected chi connectivity index (χ2v) is 9.00. The van der Waals surface area contributed by atoms with Crippen LogP contribution in [0.5, 0.6) is 0 Å². The molecule has 3 nitrogen and oxygen atoms in total. The van der Waals surface area contributed by atoms with Gasteiger partial charge in [0.25, 0.3) is 0 Å². The number of carbonyl (C=O) groups is 1.